The minimum Gasteiger partial charge on any atom is -0.366 e. The first-order chi connectivity index (χ1) is 8.58. The predicted octanol–water partition coefficient (Wildman–Crippen LogP) is 0.204. The van der Waals surface area contributed by atoms with Gasteiger partial charge in [-0.05, 0) is 23.4 Å². The number of amides is 2. The fraction of sp³-hybridized carbons (Fsp3) is 0. The molecule has 0 atom stereocenters. The monoisotopic (exact) mass is 266 g/mol. The van der Waals surface area contributed by atoms with Crippen LogP contribution in [0.4, 0.5) is 5.69 Å². The van der Waals surface area contributed by atoms with Crippen molar-refractivity contribution in [3.05, 3.63) is 34.6 Å². The highest BCUT2D eigenvalue weighted by Crippen LogP contribution is 2.20. The minimum atomic E-state index is -0.685. The van der Waals surface area contributed by atoms with Crippen LogP contribution in [0.5, 0.6) is 0 Å². The van der Waals surface area contributed by atoms with Crippen molar-refractivity contribution >= 4 is 29.1 Å². The summed E-state index contributed by atoms with van der Waals surface area (Å²) in [6.07, 6.45) is 0. The molecule has 1 aromatic carbocycles. The van der Waals surface area contributed by atoms with Crippen molar-refractivity contribution in [2.24, 2.45) is 5.73 Å². The number of primary amides is 1. The number of hydrogen-bond donors (Lipinski definition) is 3. The summed E-state index contributed by atoms with van der Waals surface area (Å²) in [4.78, 5) is 22.7. The van der Waals surface area contributed by atoms with E-state index in [1.165, 1.54) is 18.2 Å². The van der Waals surface area contributed by atoms with E-state index in [1.54, 1.807) is 0 Å². The Bertz CT molecular complexity index is 597. The second kappa shape index (κ2) is 4.80. The lowest BCUT2D eigenvalue weighted by Crippen LogP contribution is -2.16. The molecule has 2 amide bonds. The largest absolute Gasteiger partial charge is 0.366 e. The Kier molecular flexibility index (Phi) is 3.20. The van der Waals surface area contributed by atoms with Gasteiger partial charge in [0.2, 0.25) is 5.91 Å². The van der Waals surface area contributed by atoms with E-state index in [-0.39, 0.29) is 16.4 Å². The molecule has 2 rings (SSSR count). The molecule has 0 aliphatic carbocycles. The molecular formula is C9H7ClN6O2. The van der Waals surface area contributed by atoms with E-state index < -0.39 is 11.8 Å². The number of carbonyl (C=O) groups is 2. The van der Waals surface area contributed by atoms with Crippen LogP contribution < -0.4 is 11.1 Å². The van der Waals surface area contributed by atoms with E-state index in [2.05, 4.69) is 25.9 Å². The number of aromatic nitrogens is 4. The summed E-state index contributed by atoms with van der Waals surface area (Å²) < 4.78 is 0. The van der Waals surface area contributed by atoms with Crippen molar-refractivity contribution in [1.82, 2.24) is 20.6 Å². The summed E-state index contributed by atoms with van der Waals surface area (Å²) in [5.41, 5.74) is 5.60. The number of tetrazole rings is 1. The Balaban J connectivity index is 2.22. The molecule has 92 valence electrons. The molecule has 0 spiro atoms. The standard InChI is InChI=1S/C9H7ClN6O2/c10-6-2-1-4(3-5(6)7(11)17)12-9(18)8-13-15-16-14-8/h1-3H,(H2,11,17)(H,12,18)(H,13,14,15,16). The molecule has 18 heavy (non-hydrogen) atoms. The number of nitrogens with two attached hydrogens (primary N) is 1. The quantitative estimate of drug-likeness (QED) is 0.731. The number of rotatable bonds is 3. The lowest BCUT2D eigenvalue weighted by Gasteiger charge is -2.05. The molecule has 0 bridgehead atoms. The van der Waals surface area contributed by atoms with Gasteiger partial charge in [-0.3, -0.25) is 9.59 Å². The SMILES string of the molecule is NC(=O)c1cc(NC(=O)c2nn[nH]n2)ccc1Cl. The average Bonchev–Trinajstić information content (AvgIpc) is 2.85. The molecule has 0 saturated carbocycles. The summed E-state index contributed by atoms with van der Waals surface area (Å²) in [5, 5.41) is 15.1. The highest BCUT2D eigenvalue weighted by atomic mass is 35.5. The topological polar surface area (TPSA) is 127 Å². The number of nitrogens with zero attached hydrogens (tertiary/aromatic N) is 3. The molecular weight excluding hydrogens is 260 g/mol. The Labute approximate surface area is 106 Å². The number of nitrogens with one attached hydrogen (secondary N) is 2. The number of carbonyl (C=O) groups excluding carboxylic acids is 2. The normalized spacial score (nSPS) is 10.1. The summed E-state index contributed by atoms with van der Waals surface area (Å²) in [6.45, 7) is 0. The second-order valence-electron chi connectivity index (χ2n) is 3.25. The van der Waals surface area contributed by atoms with Crippen LogP contribution in [0.25, 0.3) is 0 Å². The molecule has 1 heterocycles. The van der Waals surface area contributed by atoms with Crippen molar-refractivity contribution in [2.45, 2.75) is 0 Å². The summed E-state index contributed by atoms with van der Waals surface area (Å²) in [6, 6.07) is 4.34. The van der Waals surface area contributed by atoms with Gasteiger partial charge in [0.1, 0.15) is 0 Å². The second-order valence-corrected chi connectivity index (χ2v) is 3.66. The predicted molar refractivity (Wildman–Crippen MR) is 62.1 cm³/mol. The van der Waals surface area contributed by atoms with E-state index in [0.29, 0.717) is 5.69 Å². The highest BCUT2D eigenvalue weighted by Gasteiger charge is 2.13. The van der Waals surface area contributed by atoms with Crippen molar-refractivity contribution in [2.75, 3.05) is 5.32 Å². The van der Waals surface area contributed by atoms with Crippen LogP contribution in [0.1, 0.15) is 21.0 Å². The van der Waals surface area contributed by atoms with Crippen molar-refractivity contribution in [1.29, 1.82) is 0 Å². The minimum absolute atomic E-state index is 0.113. The molecule has 0 aliphatic rings. The van der Waals surface area contributed by atoms with Crippen LogP contribution >= 0.6 is 11.6 Å². The Morgan fingerprint density at radius 3 is 2.78 bits per heavy atom. The molecule has 1 aromatic heterocycles. The molecule has 4 N–H and O–H groups in total. The number of hydrogen-bond acceptors (Lipinski definition) is 5. The van der Waals surface area contributed by atoms with Crippen LogP contribution in [0.2, 0.25) is 5.02 Å². The van der Waals surface area contributed by atoms with E-state index >= 15 is 0 Å². The Morgan fingerprint density at radius 1 is 1.39 bits per heavy atom. The first kappa shape index (κ1) is 12.0. The van der Waals surface area contributed by atoms with E-state index in [9.17, 15) is 9.59 Å². The van der Waals surface area contributed by atoms with Gasteiger partial charge in [-0.2, -0.15) is 5.21 Å². The van der Waals surface area contributed by atoms with E-state index in [0.717, 1.165) is 0 Å². The van der Waals surface area contributed by atoms with Crippen molar-refractivity contribution in [3.8, 4) is 0 Å². The zero-order valence-corrected chi connectivity index (χ0v) is 9.60. The number of aromatic amines is 1. The zero-order chi connectivity index (χ0) is 13.1. The van der Waals surface area contributed by atoms with Gasteiger partial charge in [-0.15, -0.1) is 10.2 Å². The first-order valence-electron chi connectivity index (χ1n) is 4.72. The fourth-order valence-electron chi connectivity index (χ4n) is 1.24. The third-order valence-corrected chi connectivity index (χ3v) is 2.37. The summed E-state index contributed by atoms with van der Waals surface area (Å²) in [5.74, 6) is -1.37. The van der Waals surface area contributed by atoms with Crippen LogP contribution in [0.15, 0.2) is 18.2 Å². The van der Waals surface area contributed by atoms with Gasteiger partial charge in [-0.25, -0.2) is 0 Å². The maximum atomic E-state index is 11.6. The van der Waals surface area contributed by atoms with Crippen molar-refractivity contribution in [3.63, 3.8) is 0 Å². The molecule has 2 aromatic rings. The van der Waals surface area contributed by atoms with Crippen LogP contribution in [-0.2, 0) is 0 Å². The third kappa shape index (κ3) is 2.43. The van der Waals surface area contributed by atoms with Gasteiger partial charge < -0.3 is 11.1 Å². The van der Waals surface area contributed by atoms with Gasteiger partial charge >= 0.3 is 0 Å². The summed E-state index contributed by atoms with van der Waals surface area (Å²) in [7, 11) is 0. The first-order valence-corrected chi connectivity index (χ1v) is 5.10. The number of anilines is 1. The fourth-order valence-corrected chi connectivity index (χ4v) is 1.45. The van der Waals surface area contributed by atoms with Gasteiger partial charge in [0.25, 0.3) is 11.7 Å². The maximum Gasteiger partial charge on any atom is 0.297 e. The number of H-pyrrole nitrogens is 1. The molecule has 0 aliphatic heterocycles. The molecule has 8 nitrogen and oxygen atoms in total. The Morgan fingerprint density at radius 2 is 2.17 bits per heavy atom. The van der Waals surface area contributed by atoms with E-state index in [4.69, 9.17) is 17.3 Å². The Hall–Kier alpha value is -2.48. The lowest BCUT2D eigenvalue weighted by atomic mass is 10.2. The van der Waals surface area contributed by atoms with Gasteiger partial charge in [0.05, 0.1) is 10.6 Å². The van der Waals surface area contributed by atoms with Crippen LogP contribution in [0, 0.1) is 0 Å². The van der Waals surface area contributed by atoms with Gasteiger partial charge in [-0.1, -0.05) is 11.6 Å². The maximum absolute atomic E-state index is 11.6. The zero-order valence-electron chi connectivity index (χ0n) is 8.85. The van der Waals surface area contributed by atoms with Gasteiger partial charge in [0.15, 0.2) is 0 Å². The third-order valence-electron chi connectivity index (χ3n) is 2.04. The number of benzene rings is 1. The molecule has 0 unspecified atom stereocenters. The van der Waals surface area contributed by atoms with Crippen LogP contribution in [0.3, 0.4) is 0 Å². The van der Waals surface area contributed by atoms with E-state index in [1.807, 2.05) is 0 Å². The highest BCUT2D eigenvalue weighted by molar-refractivity contribution is 6.34. The number of halogens is 1. The van der Waals surface area contributed by atoms with Crippen LogP contribution in [-0.4, -0.2) is 32.4 Å². The molecule has 9 heteroatoms. The van der Waals surface area contributed by atoms with Crippen molar-refractivity contribution < 1.29 is 9.59 Å². The smallest absolute Gasteiger partial charge is 0.297 e. The molecule has 0 fully saturated rings. The molecule has 0 saturated heterocycles. The molecule has 0 radical (unpaired) electrons. The summed E-state index contributed by atoms with van der Waals surface area (Å²) >= 11 is 5.77. The average molecular weight is 267 g/mol. The van der Waals surface area contributed by atoms with Gasteiger partial charge in [0, 0.05) is 5.69 Å². The lowest BCUT2D eigenvalue weighted by molar-refractivity contribution is 0.0994.